The first-order valence-corrected chi connectivity index (χ1v) is 7.44. The second kappa shape index (κ2) is 8.03. The van der Waals surface area contributed by atoms with Crippen molar-refractivity contribution >= 4 is 0 Å². The van der Waals surface area contributed by atoms with Crippen molar-refractivity contribution in [1.82, 2.24) is 4.90 Å². The number of rotatable bonds is 9. The van der Waals surface area contributed by atoms with Gasteiger partial charge in [-0.15, -0.1) is 13.2 Å². The summed E-state index contributed by atoms with van der Waals surface area (Å²) in [7, 11) is 0. The Kier molecular flexibility index (Phi) is 6.69. The van der Waals surface area contributed by atoms with E-state index in [-0.39, 0.29) is 11.6 Å². The van der Waals surface area contributed by atoms with Gasteiger partial charge in [-0.25, -0.2) is 0 Å². The van der Waals surface area contributed by atoms with Gasteiger partial charge in [0.05, 0.1) is 5.54 Å². The summed E-state index contributed by atoms with van der Waals surface area (Å²) in [4.78, 5) is 2.36. The Bertz CT molecular complexity index is 403. The van der Waals surface area contributed by atoms with Crippen molar-refractivity contribution in [1.29, 1.82) is 0 Å². The minimum absolute atomic E-state index is 0.269. The molecule has 2 heteroatoms. The van der Waals surface area contributed by atoms with Crippen LogP contribution in [0.5, 0.6) is 0 Å². The summed E-state index contributed by atoms with van der Waals surface area (Å²) in [6.07, 6.45) is 5.78. The molecule has 0 aliphatic rings. The highest BCUT2D eigenvalue weighted by atomic mass is 15.2. The number of hydrogen-bond acceptors (Lipinski definition) is 2. The van der Waals surface area contributed by atoms with Gasteiger partial charge >= 0.3 is 0 Å². The number of nitrogens with zero attached hydrogens (tertiary/aromatic N) is 1. The van der Waals surface area contributed by atoms with Gasteiger partial charge in [0.25, 0.3) is 0 Å². The molecule has 1 aromatic rings. The van der Waals surface area contributed by atoms with Gasteiger partial charge in [0.15, 0.2) is 0 Å². The van der Waals surface area contributed by atoms with Crippen LogP contribution in [0.25, 0.3) is 0 Å². The molecule has 0 bridgehead atoms. The highest BCUT2D eigenvalue weighted by Gasteiger charge is 2.36. The standard InChI is InChI=1S/C18H28N2/c1-5-14-20(15-6-2)17(7-3)18(19,8-4)16-12-10-9-11-13-16/h5-6,9-13,17H,1-2,7-8,14-15,19H2,3-4H3. The maximum Gasteiger partial charge on any atom is 0.0564 e. The lowest BCUT2D eigenvalue weighted by Crippen LogP contribution is -2.55. The van der Waals surface area contributed by atoms with E-state index in [0.717, 1.165) is 25.9 Å². The predicted octanol–water partition coefficient (Wildman–Crippen LogP) is 3.70. The maximum atomic E-state index is 6.82. The van der Waals surface area contributed by atoms with E-state index in [2.05, 4.69) is 56.2 Å². The fraction of sp³-hybridized carbons (Fsp3) is 0.444. The zero-order chi connectivity index (χ0) is 15.0. The fourth-order valence-corrected chi connectivity index (χ4v) is 2.99. The van der Waals surface area contributed by atoms with Gasteiger partial charge < -0.3 is 5.73 Å². The molecule has 0 fully saturated rings. The zero-order valence-corrected chi connectivity index (χ0v) is 12.9. The van der Waals surface area contributed by atoms with Crippen molar-refractivity contribution in [3.63, 3.8) is 0 Å². The lowest BCUT2D eigenvalue weighted by Gasteiger charge is -2.43. The molecular weight excluding hydrogens is 244 g/mol. The number of hydrogen-bond donors (Lipinski definition) is 1. The van der Waals surface area contributed by atoms with E-state index in [9.17, 15) is 0 Å². The van der Waals surface area contributed by atoms with Gasteiger partial charge in [0.1, 0.15) is 0 Å². The van der Waals surface area contributed by atoms with Gasteiger partial charge in [-0.1, -0.05) is 56.3 Å². The first-order valence-electron chi connectivity index (χ1n) is 7.44. The molecule has 0 heterocycles. The molecule has 0 spiro atoms. The van der Waals surface area contributed by atoms with Crippen LogP contribution in [0.15, 0.2) is 55.6 Å². The highest BCUT2D eigenvalue weighted by molar-refractivity contribution is 5.26. The molecule has 110 valence electrons. The summed E-state index contributed by atoms with van der Waals surface area (Å²) >= 11 is 0. The fourth-order valence-electron chi connectivity index (χ4n) is 2.99. The SMILES string of the molecule is C=CCN(CC=C)C(CC)C(N)(CC)c1ccccc1. The van der Waals surface area contributed by atoms with E-state index in [1.54, 1.807) is 0 Å². The highest BCUT2D eigenvalue weighted by Crippen LogP contribution is 2.31. The maximum absolute atomic E-state index is 6.82. The van der Waals surface area contributed by atoms with E-state index >= 15 is 0 Å². The van der Waals surface area contributed by atoms with Crippen LogP contribution in [-0.4, -0.2) is 24.0 Å². The summed E-state index contributed by atoms with van der Waals surface area (Å²) in [6.45, 7) is 13.7. The monoisotopic (exact) mass is 272 g/mol. The van der Waals surface area contributed by atoms with Crippen molar-refractivity contribution in [2.24, 2.45) is 5.73 Å². The lowest BCUT2D eigenvalue weighted by atomic mass is 9.79. The summed E-state index contributed by atoms with van der Waals surface area (Å²) in [5.41, 5.74) is 7.68. The molecule has 1 rings (SSSR count). The molecule has 0 radical (unpaired) electrons. The van der Waals surface area contributed by atoms with Crippen LogP contribution in [-0.2, 0) is 5.54 Å². The van der Waals surface area contributed by atoms with Crippen molar-refractivity contribution < 1.29 is 0 Å². The lowest BCUT2D eigenvalue weighted by molar-refractivity contribution is 0.134. The van der Waals surface area contributed by atoms with Crippen LogP contribution >= 0.6 is 0 Å². The molecule has 2 nitrogen and oxygen atoms in total. The Morgan fingerprint density at radius 3 is 2.10 bits per heavy atom. The van der Waals surface area contributed by atoms with Crippen LogP contribution in [0.2, 0.25) is 0 Å². The summed E-state index contributed by atoms with van der Waals surface area (Å²) < 4.78 is 0. The first kappa shape index (κ1) is 16.7. The zero-order valence-electron chi connectivity index (χ0n) is 12.9. The molecular formula is C18H28N2. The van der Waals surface area contributed by atoms with Crippen molar-refractivity contribution in [2.45, 2.75) is 38.3 Å². The average molecular weight is 272 g/mol. The summed E-state index contributed by atoms with van der Waals surface area (Å²) in [6, 6.07) is 10.7. The molecule has 0 aromatic heterocycles. The number of benzene rings is 1. The van der Waals surface area contributed by atoms with E-state index in [0.29, 0.717) is 0 Å². The molecule has 20 heavy (non-hydrogen) atoms. The minimum Gasteiger partial charge on any atom is -0.320 e. The van der Waals surface area contributed by atoms with Gasteiger partial charge in [-0.2, -0.15) is 0 Å². The van der Waals surface area contributed by atoms with Crippen LogP contribution in [0.3, 0.4) is 0 Å². The van der Waals surface area contributed by atoms with E-state index in [1.807, 2.05) is 18.2 Å². The average Bonchev–Trinajstić information content (AvgIpc) is 2.49. The van der Waals surface area contributed by atoms with Gasteiger partial charge in [0, 0.05) is 19.1 Å². The molecule has 0 saturated carbocycles. The normalized spacial score (nSPS) is 15.6. The van der Waals surface area contributed by atoms with Crippen LogP contribution in [0, 0.1) is 0 Å². The quantitative estimate of drug-likeness (QED) is 0.694. The molecule has 1 aromatic carbocycles. The second-order valence-corrected chi connectivity index (χ2v) is 5.22. The van der Waals surface area contributed by atoms with Gasteiger partial charge in [0.2, 0.25) is 0 Å². The Balaban J connectivity index is 3.15. The molecule has 2 atom stereocenters. The molecule has 0 saturated heterocycles. The first-order chi connectivity index (χ1) is 9.63. The van der Waals surface area contributed by atoms with Gasteiger partial charge in [-0.05, 0) is 18.4 Å². The number of nitrogens with two attached hydrogens (primary N) is 1. The Hall–Kier alpha value is -1.38. The van der Waals surface area contributed by atoms with Crippen molar-refractivity contribution in [3.05, 3.63) is 61.2 Å². The molecule has 0 aliphatic carbocycles. The van der Waals surface area contributed by atoms with E-state index in [1.165, 1.54) is 5.56 Å². The largest absolute Gasteiger partial charge is 0.320 e. The van der Waals surface area contributed by atoms with E-state index < -0.39 is 0 Å². The molecule has 2 N–H and O–H groups in total. The third-order valence-corrected chi connectivity index (χ3v) is 4.05. The third-order valence-electron chi connectivity index (χ3n) is 4.05. The Morgan fingerprint density at radius 2 is 1.70 bits per heavy atom. The predicted molar refractivity (Wildman–Crippen MR) is 88.6 cm³/mol. The second-order valence-electron chi connectivity index (χ2n) is 5.22. The van der Waals surface area contributed by atoms with Crippen LogP contribution < -0.4 is 5.73 Å². The smallest absolute Gasteiger partial charge is 0.0564 e. The molecule has 0 amide bonds. The molecule has 2 unspecified atom stereocenters. The summed E-state index contributed by atoms with van der Waals surface area (Å²) in [5.74, 6) is 0. The topological polar surface area (TPSA) is 29.3 Å². The van der Waals surface area contributed by atoms with Crippen molar-refractivity contribution in [2.75, 3.05) is 13.1 Å². The molecule has 0 aliphatic heterocycles. The Morgan fingerprint density at radius 1 is 1.15 bits per heavy atom. The van der Waals surface area contributed by atoms with E-state index in [4.69, 9.17) is 5.73 Å². The Labute approximate surface area is 124 Å². The minimum atomic E-state index is -0.345. The third kappa shape index (κ3) is 3.59. The van der Waals surface area contributed by atoms with Gasteiger partial charge in [-0.3, -0.25) is 4.90 Å². The van der Waals surface area contributed by atoms with Crippen molar-refractivity contribution in [3.8, 4) is 0 Å². The van der Waals surface area contributed by atoms with Crippen LogP contribution in [0.4, 0.5) is 0 Å². The van der Waals surface area contributed by atoms with Crippen LogP contribution in [0.1, 0.15) is 32.3 Å². The summed E-state index contributed by atoms with van der Waals surface area (Å²) in [5, 5.41) is 0.